The third kappa shape index (κ3) is 3.45. The lowest BCUT2D eigenvalue weighted by Crippen LogP contribution is -2.59. The minimum absolute atomic E-state index is 0.0846. The van der Waals surface area contributed by atoms with Gasteiger partial charge in [-0.15, -0.1) is 0 Å². The summed E-state index contributed by atoms with van der Waals surface area (Å²) in [6.07, 6.45) is 4.84. The second-order valence-electron chi connectivity index (χ2n) is 8.42. The zero-order chi connectivity index (χ0) is 20.8. The number of amides is 2. The van der Waals surface area contributed by atoms with Crippen LogP contribution in [-0.4, -0.2) is 32.7 Å². The minimum atomic E-state index is -0.946. The smallest absolute Gasteiger partial charge is 0.250 e. The van der Waals surface area contributed by atoms with Gasteiger partial charge in [-0.05, 0) is 52.7 Å². The maximum atomic E-state index is 13.3. The molecule has 2 heterocycles. The molecular weight excluding hydrogens is 384 g/mol. The summed E-state index contributed by atoms with van der Waals surface area (Å²) in [7, 11) is 0. The van der Waals surface area contributed by atoms with Gasteiger partial charge in [-0.3, -0.25) is 14.5 Å². The van der Waals surface area contributed by atoms with Crippen molar-refractivity contribution in [3.63, 3.8) is 0 Å². The summed E-state index contributed by atoms with van der Waals surface area (Å²) in [4.78, 5) is 32.3. The van der Waals surface area contributed by atoms with Crippen molar-refractivity contribution in [3.8, 4) is 0 Å². The highest BCUT2D eigenvalue weighted by Gasteiger charge is 2.43. The van der Waals surface area contributed by atoms with E-state index in [0.717, 1.165) is 16.5 Å². The molecule has 6 nitrogen and oxygen atoms in total. The number of aryl methyl sites for hydroxylation is 1. The standard InChI is InChI=1S/C22H28N4O2S/c1-14-15(2)25(16-9-5-6-10-16)21(23-14)29-13-19(27)26-18-12-8-7-11-17(18)24-20(28)22(26,3)4/h7-8,11-12,16H,5-6,9-10,13H2,1-4H3,(H,24,28). The predicted octanol–water partition coefficient (Wildman–Crippen LogP) is 4.47. The Morgan fingerprint density at radius 1 is 1.24 bits per heavy atom. The Bertz CT molecular complexity index is 960. The zero-order valence-corrected chi connectivity index (χ0v) is 18.3. The fourth-order valence-electron chi connectivity index (χ4n) is 4.38. The van der Waals surface area contributed by atoms with Gasteiger partial charge in [0.2, 0.25) is 11.8 Å². The third-order valence-electron chi connectivity index (χ3n) is 6.13. The lowest BCUT2D eigenvalue weighted by atomic mass is 9.96. The lowest BCUT2D eigenvalue weighted by molar-refractivity contribution is -0.125. The number of carbonyl (C=O) groups excluding carboxylic acids is 2. The van der Waals surface area contributed by atoms with Crippen molar-refractivity contribution in [3.05, 3.63) is 35.7 Å². The van der Waals surface area contributed by atoms with Crippen molar-refractivity contribution in [1.29, 1.82) is 0 Å². The molecule has 1 aliphatic heterocycles. The van der Waals surface area contributed by atoms with Gasteiger partial charge in [0, 0.05) is 11.7 Å². The Balaban J connectivity index is 1.59. The normalized spacial score (nSPS) is 18.6. The van der Waals surface area contributed by atoms with Crippen molar-refractivity contribution >= 4 is 35.0 Å². The summed E-state index contributed by atoms with van der Waals surface area (Å²) in [5.41, 5.74) is 2.69. The molecule has 0 radical (unpaired) electrons. The molecule has 2 amide bonds. The van der Waals surface area contributed by atoms with Crippen molar-refractivity contribution in [2.75, 3.05) is 16.0 Å². The van der Waals surface area contributed by atoms with Crippen LogP contribution in [0.1, 0.15) is 57.0 Å². The van der Waals surface area contributed by atoms with Gasteiger partial charge in [-0.1, -0.05) is 36.7 Å². The van der Waals surface area contributed by atoms with E-state index < -0.39 is 5.54 Å². The highest BCUT2D eigenvalue weighted by molar-refractivity contribution is 7.99. The Hall–Kier alpha value is -2.28. The molecule has 1 aliphatic carbocycles. The molecule has 4 rings (SSSR count). The first-order chi connectivity index (χ1) is 13.8. The first kappa shape index (κ1) is 20.0. The Labute approximate surface area is 176 Å². The monoisotopic (exact) mass is 412 g/mol. The van der Waals surface area contributed by atoms with Crippen molar-refractivity contribution < 1.29 is 9.59 Å². The fourth-order valence-corrected chi connectivity index (χ4v) is 5.39. The van der Waals surface area contributed by atoms with E-state index in [-0.39, 0.29) is 17.6 Å². The lowest BCUT2D eigenvalue weighted by Gasteiger charge is -2.42. The van der Waals surface area contributed by atoms with Crippen LogP contribution in [0, 0.1) is 13.8 Å². The van der Waals surface area contributed by atoms with Crippen LogP contribution in [-0.2, 0) is 9.59 Å². The number of anilines is 2. The summed E-state index contributed by atoms with van der Waals surface area (Å²) < 4.78 is 2.32. The number of benzene rings is 1. The molecule has 2 aliphatic rings. The van der Waals surface area contributed by atoms with Crippen LogP contribution in [0.2, 0.25) is 0 Å². The van der Waals surface area contributed by atoms with Gasteiger partial charge in [-0.25, -0.2) is 4.98 Å². The second-order valence-corrected chi connectivity index (χ2v) is 9.36. The predicted molar refractivity (Wildman–Crippen MR) is 117 cm³/mol. The van der Waals surface area contributed by atoms with Crippen molar-refractivity contribution in [2.45, 2.75) is 70.1 Å². The van der Waals surface area contributed by atoms with E-state index in [0.29, 0.717) is 11.7 Å². The highest BCUT2D eigenvalue weighted by atomic mass is 32.2. The van der Waals surface area contributed by atoms with Gasteiger partial charge in [-0.2, -0.15) is 0 Å². The molecule has 7 heteroatoms. The van der Waals surface area contributed by atoms with Crippen molar-refractivity contribution in [2.24, 2.45) is 0 Å². The molecule has 0 saturated heterocycles. The number of para-hydroxylation sites is 2. The van der Waals surface area contributed by atoms with Gasteiger partial charge in [0.15, 0.2) is 5.16 Å². The fraction of sp³-hybridized carbons (Fsp3) is 0.500. The average Bonchev–Trinajstić information content (AvgIpc) is 3.29. The SMILES string of the molecule is Cc1nc(SCC(=O)N2c3ccccc3NC(=O)C2(C)C)n(C2CCCC2)c1C. The summed E-state index contributed by atoms with van der Waals surface area (Å²) >= 11 is 1.48. The van der Waals surface area contributed by atoms with E-state index in [1.807, 2.05) is 31.2 Å². The number of rotatable bonds is 4. The molecule has 1 N–H and O–H groups in total. The number of carbonyl (C=O) groups is 2. The number of imidazole rings is 1. The maximum absolute atomic E-state index is 13.3. The number of nitrogens with zero attached hydrogens (tertiary/aromatic N) is 3. The highest BCUT2D eigenvalue weighted by Crippen LogP contribution is 2.38. The van der Waals surface area contributed by atoms with Crippen LogP contribution in [0.4, 0.5) is 11.4 Å². The summed E-state index contributed by atoms with van der Waals surface area (Å²) in [5, 5.41) is 3.82. The van der Waals surface area contributed by atoms with Crippen LogP contribution in [0.3, 0.4) is 0 Å². The molecule has 0 atom stereocenters. The topological polar surface area (TPSA) is 67.2 Å². The Morgan fingerprint density at radius 3 is 2.66 bits per heavy atom. The van der Waals surface area contributed by atoms with E-state index in [1.54, 1.807) is 18.7 Å². The molecule has 1 aromatic heterocycles. The van der Waals surface area contributed by atoms with Crippen molar-refractivity contribution in [1.82, 2.24) is 9.55 Å². The van der Waals surface area contributed by atoms with Crippen LogP contribution < -0.4 is 10.2 Å². The van der Waals surface area contributed by atoms with E-state index >= 15 is 0 Å². The van der Waals surface area contributed by atoms with E-state index in [1.165, 1.54) is 43.1 Å². The van der Waals surface area contributed by atoms with Gasteiger partial charge in [0.05, 0.1) is 22.8 Å². The van der Waals surface area contributed by atoms with Crippen LogP contribution in [0.25, 0.3) is 0 Å². The molecule has 154 valence electrons. The number of hydrogen-bond acceptors (Lipinski definition) is 4. The first-order valence-corrected chi connectivity index (χ1v) is 11.2. The molecule has 1 fully saturated rings. The van der Waals surface area contributed by atoms with Gasteiger partial charge < -0.3 is 9.88 Å². The van der Waals surface area contributed by atoms with E-state index in [4.69, 9.17) is 4.98 Å². The molecule has 1 aromatic carbocycles. The number of nitrogens with one attached hydrogen (secondary N) is 1. The quantitative estimate of drug-likeness (QED) is 0.753. The molecule has 0 spiro atoms. The molecule has 0 unspecified atom stereocenters. The number of fused-ring (bicyclic) bond motifs is 1. The van der Waals surface area contributed by atoms with Crippen LogP contribution >= 0.6 is 11.8 Å². The average molecular weight is 413 g/mol. The summed E-state index contributed by atoms with van der Waals surface area (Å²) in [6, 6.07) is 7.94. The number of aromatic nitrogens is 2. The third-order valence-corrected chi connectivity index (χ3v) is 7.06. The zero-order valence-electron chi connectivity index (χ0n) is 17.5. The Kier molecular flexibility index (Phi) is 5.19. The number of hydrogen-bond donors (Lipinski definition) is 1. The minimum Gasteiger partial charge on any atom is -0.322 e. The van der Waals surface area contributed by atoms with E-state index in [9.17, 15) is 9.59 Å². The Morgan fingerprint density at radius 2 is 1.93 bits per heavy atom. The maximum Gasteiger partial charge on any atom is 0.250 e. The number of thioether (sulfide) groups is 1. The van der Waals surface area contributed by atoms with Gasteiger partial charge in [0.1, 0.15) is 5.54 Å². The molecular formula is C22H28N4O2S. The summed E-state index contributed by atoms with van der Waals surface area (Å²) in [5.74, 6) is -0.0134. The van der Waals surface area contributed by atoms with E-state index in [2.05, 4.69) is 16.8 Å². The van der Waals surface area contributed by atoms with Crippen LogP contribution in [0.15, 0.2) is 29.4 Å². The largest absolute Gasteiger partial charge is 0.322 e. The molecule has 29 heavy (non-hydrogen) atoms. The van der Waals surface area contributed by atoms with Crippen LogP contribution in [0.5, 0.6) is 0 Å². The van der Waals surface area contributed by atoms with Gasteiger partial charge in [0.25, 0.3) is 0 Å². The second kappa shape index (κ2) is 7.52. The molecule has 2 aromatic rings. The summed E-state index contributed by atoms with van der Waals surface area (Å²) in [6.45, 7) is 7.71. The molecule has 0 bridgehead atoms. The van der Waals surface area contributed by atoms with Gasteiger partial charge >= 0.3 is 0 Å². The molecule has 1 saturated carbocycles. The first-order valence-electron chi connectivity index (χ1n) is 10.2.